The molecule has 32 heavy (non-hydrogen) atoms. The number of nitrogens with one attached hydrogen (secondary N) is 1. The van der Waals surface area contributed by atoms with Crippen molar-refractivity contribution in [3.63, 3.8) is 0 Å². The zero-order chi connectivity index (χ0) is 22.1. The molecule has 5 heterocycles. The van der Waals surface area contributed by atoms with Crippen LogP contribution in [0.1, 0.15) is 67.9 Å². The summed E-state index contributed by atoms with van der Waals surface area (Å²) in [6.07, 6.45) is 8.43. The summed E-state index contributed by atoms with van der Waals surface area (Å²) in [7, 11) is 0. The van der Waals surface area contributed by atoms with Gasteiger partial charge in [0.15, 0.2) is 5.69 Å². The van der Waals surface area contributed by atoms with Crippen LogP contribution >= 0.6 is 0 Å². The van der Waals surface area contributed by atoms with Crippen molar-refractivity contribution in [3.8, 4) is 6.07 Å². The molecular formula is C23H30N8O. The van der Waals surface area contributed by atoms with E-state index in [1.54, 1.807) is 6.33 Å². The Balaban J connectivity index is 1.29. The lowest BCUT2D eigenvalue weighted by Gasteiger charge is -2.35. The van der Waals surface area contributed by atoms with Gasteiger partial charge in [-0.15, -0.1) is 0 Å². The van der Waals surface area contributed by atoms with Crippen LogP contribution in [0.2, 0.25) is 0 Å². The first-order valence-corrected chi connectivity index (χ1v) is 11.7. The molecule has 2 saturated heterocycles. The van der Waals surface area contributed by atoms with Crippen LogP contribution in [0, 0.1) is 11.3 Å². The number of anilines is 2. The fourth-order valence-corrected chi connectivity index (χ4v) is 5.35. The number of carbonyl (C=O) groups excluding carboxylic acids is 1. The fourth-order valence-electron chi connectivity index (χ4n) is 5.35. The second-order valence-electron chi connectivity index (χ2n) is 9.21. The number of amides is 1. The maximum absolute atomic E-state index is 11.9. The summed E-state index contributed by atoms with van der Waals surface area (Å²) < 4.78 is 2.21. The summed E-state index contributed by atoms with van der Waals surface area (Å²) in [5, 5.41) is 12.3. The average Bonchev–Trinajstić information content (AvgIpc) is 3.47. The second-order valence-corrected chi connectivity index (χ2v) is 9.21. The number of hydrogen-bond acceptors (Lipinski definition) is 7. The van der Waals surface area contributed by atoms with Crippen LogP contribution in [0.5, 0.6) is 0 Å². The number of nitriles is 1. The van der Waals surface area contributed by atoms with E-state index >= 15 is 0 Å². The first kappa shape index (κ1) is 20.9. The molecule has 0 aromatic carbocycles. The van der Waals surface area contributed by atoms with Gasteiger partial charge in [-0.25, -0.2) is 15.0 Å². The van der Waals surface area contributed by atoms with E-state index in [0.29, 0.717) is 23.9 Å². The highest BCUT2D eigenvalue weighted by Crippen LogP contribution is 2.38. The van der Waals surface area contributed by atoms with Crippen molar-refractivity contribution in [1.29, 1.82) is 5.26 Å². The van der Waals surface area contributed by atoms with Crippen molar-refractivity contribution >= 4 is 17.5 Å². The molecule has 1 unspecified atom stereocenters. The maximum Gasteiger partial charge on any atom is 0.226 e. The predicted octanol–water partition coefficient (Wildman–Crippen LogP) is 2.47. The molecule has 0 spiro atoms. The molecule has 168 valence electrons. The lowest BCUT2D eigenvalue weighted by atomic mass is 9.92. The van der Waals surface area contributed by atoms with E-state index in [4.69, 9.17) is 0 Å². The van der Waals surface area contributed by atoms with Crippen LogP contribution in [0.4, 0.5) is 11.6 Å². The van der Waals surface area contributed by atoms with Crippen molar-refractivity contribution in [2.75, 3.05) is 42.9 Å². The summed E-state index contributed by atoms with van der Waals surface area (Å²) in [5.74, 6) is 3.10. The molecule has 2 aromatic rings. The van der Waals surface area contributed by atoms with Crippen LogP contribution in [0.25, 0.3) is 0 Å². The molecule has 0 aliphatic carbocycles. The minimum absolute atomic E-state index is 0.0161. The van der Waals surface area contributed by atoms with Crippen molar-refractivity contribution in [2.24, 2.45) is 0 Å². The molecule has 1 amide bonds. The van der Waals surface area contributed by atoms with E-state index in [-0.39, 0.29) is 11.8 Å². The molecule has 1 N–H and O–H groups in total. The molecule has 0 saturated carbocycles. The van der Waals surface area contributed by atoms with Crippen LogP contribution < -0.4 is 10.2 Å². The highest BCUT2D eigenvalue weighted by Gasteiger charge is 2.31. The zero-order valence-electron chi connectivity index (χ0n) is 18.6. The van der Waals surface area contributed by atoms with Gasteiger partial charge in [0.1, 0.15) is 29.9 Å². The van der Waals surface area contributed by atoms with Gasteiger partial charge >= 0.3 is 0 Å². The largest absolute Gasteiger partial charge is 0.356 e. The molecule has 5 rings (SSSR count). The van der Waals surface area contributed by atoms with Gasteiger partial charge in [-0.05, 0) is 44.7 Å². The van der Waals surface area contributed by atoms with Gasteiger partial charge < -0.3 is 19.7 Å². The minimum atomic E-state index is 0.0161. The highest BCUT2D eigenvalue weighted by molar-refractivity contribution is 5.94. The van der Waals surface area contributed by atoms with Gasteiger partial charge in [-0.1, -0.05) is 6.92 Å². The van der Waals surface area contributed by atoms with Gasteiger partial charge in [0.25, 0.3) is 0 Å². The van der Waals surface area contributed by atoms with Crippen molar-refractivity contribution < 1.29 is 4.79 Å². The normalized spacial score (nSPS) is 21.9. The first-order valence-electron chi connectivity index (χ1n) is 11.7. The van der Waals surface area contributed by atoms with E-state index in [1.807, 2.05) is 6.20 Å². The summed E-state index contributed by atoms with van der Waals surface area (Å²) in [6, 6.07) is 2.22. The van der Waals surface area contributed by atoms with Gasteiger partial charge in [-0.3, -0.25) is 4.79 Å². The van der Waals surface area contributed by atoms with Crippen LogP contribution in [0.15, 0.2) is 12.5 Å². The third-order valence-electron chi connectivity index (χ3n) is 7.04. The number of piperidine rings is 1. The lowest BCUT2D eigenvalue weighted by molar-refractivity contribution is -0.116. The topological polar surface area (TPSA) is 103 Å². The molecule has 0 radical (unpaired) electrons. The van der Waals surface area contributed by atoms with E-state index in [9.17, 15) is 10.1 Å². The van der Waals surface area contributed by atoms with E-state index in [1.165, 1.54) is 25.9 Å². The zero-order valence-corrected chi connectivity index (χ0v) is 18.6. The Bertz CT molecular complexity index is 1030. The van der Waals surface area contributed by atoms with E-state index in [0.717, 1.165) is 56.2 Å². The Morgan fingerprint density at radius 2 is 1.94 bits per heavy atom. The number of imidazole rings is 1. The lowest BCUT2D eigenvalue weighted by Crippen LogP contribution is -2.36. The number of aromatic nitrogens is 4. The van der Waals surface area contributed by atoms with Crippen molar-refractivity contribution in [3.05, 3.63) is 29.6 Å². The Labute approximate surface area is 188 Å². The molecule has 3 aliphatic rings. The highest BCUT2D eigenvalue weighted by atomic mass is 16.1. The van der Waals surface area contributed by atoms with E-state index in [2.05, 4.69) is 47.6 Å². The summed E-state index contributed by atoms with van der Waals surface area (Å²) in [4.78, 5) is 30.3. The third-order valence-corrected chi connectivity index (χ3v) is 7.04. The van der Waals surface area contributed by atoms with Gasteiger partial charge in [0, 0.05) is 50.3 Å². The predicted molar refractivity (Wildman–Crippen MR) is 120 cm³/mol. The molecule has 9 heteroatoms. The Hall–Kier alpha value is -2.99. The molecule has 1 atom stereocenters. The quantitative estimate of drug-likeness (QED) is 0.771. The molecule has 2 aromatic heterocycles. The standard InChI is InChI=1S/C23H30N8O/c1-16-12-19(32)28-21-20(16)23(26-15-25-21)30-8-4-17(5-9-30)22-27-18(13-24)14-31(22)11-10-29-6-2-3-7-29/h14-17H,2-12H2,1H3,(H,25,26,28,32). The van der Waals surface area contributed by atoms with Gasteiger partial charge in [-0.2, -0.15) is 5.26 Å². The molecule has 2 fully saturated rings. The van der Waals surface area contributed by atoms with Crippen LogP contribution in [-0.2, 0) is 11.3 Å². The van der Waals surface area contributed by atoms with Gasteiger partial charge in [0.2, 0.25) is 5.91 Å². The first-order chi connectivity index (χ1) is 15.6. The maximum atomic E-state index is 11.9. The van der Waals surface area contributed by atoms with Crippen LogP contribution in [0.3, 0.4) is 0 Å². The van der Waals surface area contributed by atoms with Gasteiger partial charge in [0.05, 0.1) is 0 Å². The van der Waals surface area contributed by atoms with Crippen molar-refractivity contribution in [2.45, 2.75) is 57.4 Å². The molecule has 3 aliphatic heterocycles. The number of fused-ring (bicyclic) bond motifs is 1. The number of carbonyl (C=O) groups is 1. The number of likely N-dealkylation sites (tertiary alicyclic amines) is 1. The monoisotopic (exact) mass is 434 g/mol. The smallest absolute Gasteiger partial charge is 0.226 e. The Kier molecular flexibility index (Phi) is 5.79. The molecule has 0 bridgehead atoms. The Morgan fingerprint density at radius 3 is 2.69 bits per heavy atom. The van der Waals surface area contributed by atoms with Crippen LogP contribution in [-0.4, -0.2) is 63.0 Å². The summed E-state index contributed by atoms with van der Waals surface area (Å²) in [5.41, 5.74) is 1.56. The molecular weight excluding hydrogens is 404 g/mol. The average molecular weight is 435 g/mol. The number of rotatable bonds is 5. The van der Waals surface area contributed by atoms with E-state index < -0.39 is 0 Å². The number of nitrogens with zero attached hydrogens (tertiary/aromatic N) is 7. The third kappa shape index (κ3) is 4.07. The van der Waals surface area contributed by atoms with Crippen molar-refractivity contribution in [1.82, 2.24) is 24.4 Å². The Morgan fingerprint density at radius 1 is 1.16 bits per heavy atom. The summed E-state index contributed by atoms with van der Waals surface area (Å²) >= 11 is 0. The fraction of sp³-hybridized carbons (Fsp3) is 0.609. The minimum Gasteiger partial charge on any atom is -0.356 e. The SMILES string of the molecule is CC1CC(=O)Nc2ncnc(N3CCC(c4nc(C#N)cn4CCN4CCCC4)CC3)c21. The second kappa shape index (κ2) is 8.87. The molecule has 9 nitrogen and oxygen atoms in total. The number of hydrogen-bond donors (Lipinski definition) is 1. The summed E-state index contributed by atoms with van der Waals surface area (Å²) in [6.45, 7) is 8.07.